The van der Waals surface area contributed by atoms with E-state index in [0.29, 0.717) is 5.78 Å². The van der Waals surface area contributed by atoms with Gasteiger partial charge in [0.1, 0.15) is 0 Å². The lowest BCUT2D eigenvalue weighted by Gasteiger charge is -2.32. The Morgan fingerprint density at radius 1 is 1.10 bits per heavy atom. The van der Waals surface area contributed by atoms with E-state index >= 15 is 0 Å². The molecule has 2 aromatic carbocycles. The van der Waals surface area contributed by atoms with Crippen LogP contribution in [0.5, 0.6) is 0 Å². The zero-order valence-electron chi connectivity index (χ0n) is 12.2. The summed E-state index contributed by atoms with van der Waals surface area (Å²) in [6.07, 6.45) is 1.96. The number of likely N-dealkylation sites (N-methyl/N-ethyl adjacent to an activating group) is 1. The highest BCUT2D eigenvalue weighted by Gasteiger charge is 2.31. The van der Waals surface area contributed by atoms with Crippen LogP contribution in [0.15, 0.2) is 36.4 Å². The largest absolute Gasteiger partial charge is 0.294 e. The van der Waals surface area contributed by atoms with Crippen LogP contribution in [0.4, 0.5) is 0 Å². The Labute approximate surface area is 120 Å². The van der Waals surface area contributed by atoms with Gasteiger partial charge in [-0.3, -0.25) is 9.69 Å². The summed E-state index contributed by atoms with van der Waals surface area (Å²) in [7, 11) is 0. The van der Waals surface area contributed by atoms with E-state index in [1.165, 1.54) is 10.9 Å². The number of hydrogen-bond acceptors (Lipinski definition) is 2. The Morgan fingerprint density at radius 3 is 2.60 bits per heavy atom. The van der Waals surface area contributed by atoms with Crippen molar-refractivity contribution in [2.24, 2.45) is 0 Å². The number of fused-ring (bicyclic) bond motifs is 3. The van der Waals surface area contributed by atoms with E-state index in [-0.39, 0.29) is 6.04 Å². The minimum absolute atomic E-state index is 0.0586. The lowest BCUT2D eigenvalue weighted by atomic mass is 9.83. The number of nitrogens with zero attached hydrogens (tertiary/aromatic N) is 1. The molecule has 1 aliphatic rings. The molecule has 0 fully saturated rings. The monoisotopic (exact) mass is 267 g/mol. The van der Waals surface area contributed by atoms with Crippen LogP contribution in [0, 0.1) is 0 Å². The first-order valence-corrected chi connectivity index (χ1v) is 7.55. The van der Waals surface area contributed by atoms with Gasteiger partial charge >= 0.3 is 0 Å². The van der Waals surface area contributed by atoms with Crippen molar-refractivity contribution in [2.75, 3.05) is 13.1 Å². The summed E-state index contributed by atoms with van der Waals surface area (Å²) in [5.41, 5.74) is 2.18. The van der Waals surface area contributed by atoms with Gasteiger partial charge < -0.3 is 0 Å². The molecule has 0 aromatic heterocycles. The Balaban J connectivity index is 2.12. The van der Waals surface area contributed by atoms with Gasteiger partial charge in [-0.1, -0.05) is 50.2 Å². The number of Topliss-reactive ketones (excluding diaryl/α,β-unsaturated/α-hetero) is 1. The van der Waals surface area contributed by atoms with Crippen molar-refractivity contribution in [1.82, 2.24) is 4.90 Å². The van der Waals surface area contributed by atoms with E-state index in [9.17, 15) is 4.79 Å². The summed E-state index contributed by atoms with van der Waals surface area (Å²) in [5, 5.41) is 2.28. The molecule has 2 heteroatoms. The molecule has 20 heavy (non-hydrogen) atoms. The van der Waals surface area contributed by atoms with Gasteiger partial charge in [-0.15, -0.1) is 0 Å². The van der Waals surface area contributed by atoms with Crippen LogP contribution >= 0.6 is 0 Å². The molecule has 0 radical (unpaired) electrons. The molecule has 1 atom stereocenters. The molecule has 1 unspecified atom stereocenters. The Hall–Kier alpha value is -1.67. The van der Waals surface area contributed by atoms with E-state index in [2.05, 4.69) is 43.0 Å². The van der Waals surface area contributed by atoms with Crippen LogP contribution in [0.2, 0.25) is 0 Å². The number of carbonyl (C=O) groups excluding carboxylic acids is 1. The van der Waals surface area contributed by atoms with Gasteiger partial charge in [0.25, 0.3) is 0 Å². The number of ketones is 1. The first kappa shape index (κ1) is 13.3. The maximum Gasteiger partial charge on any atom is 0.180 e. The molecule has 3 rings (SSSR count). The van der Waals surface area contributed by atoms with Crippen LogP contribution in [0.3, 0.4) is 0 Å². The molecule has 2 aromatic rings. The normalized spacial score (nSPS) is 18.6. The summed E-state index contributed by atoms with van der Waals surface area (Å²) in [6, 6.07) is 12.6. The maximum atomic E-state index is 12.9. The zero-order valence-corrected chi connectivity index (χ0v) is 12.2. The van der Waals surface area contributed by atoms with E-state index in [4.69, 9.17) is 0 Å². The fourth-order valence-corrected chi connectivity index (χ4v) is 3.42. The zero-order chi connectivity index (χ0) is 14.1. The molecule has 0 aliphatic heterocycles. The first-order chi connectivity index (χ1) is 9.76. The quantitative estimate of drug-likeness (QED) is 0.845. The Morgan fingerprint density at radius 2 is 1.85 bits per heavy atom. The minimum atomic E-state index is 0.0586. The lowest BCUT2D eigenvalue weighted by Crippen LogP contribution is -2.43. The molecule has 0 spiro atoms. The molecule has 0 bridgehead atoms. The van der Waals surface area contributed by atoms with Crippen LogP contribution in [0.25, 0.3) is 10.8 Å². The van der Waals surface area contributed by atoms with Crippen molar-refractivity contribution in [3.05, 3.63) is 47.5 Å². The van der Waals surface area contributed by atoms with Gasteiger partial charge in [-0.25, -0.2) is 0 Å². The molecule has 1 aliphatic carbocycles. The second kappa shape index (κ2) is 5.37. The van der Waals surface area contributed by atoms with Crippen LogP contribution in [-0.2, 0) is 6.42 Å². The van der Waals surface area contributed by atoms with Gasteiger partial charge in [0.05, 0.1) is 6.04 Å². The van der Waals surface area contributed by atoms with Crippen molar-refractivity contribution >= 4 is 16.6 Å². The van der Waals surface area contributed by atoms with Crippen molar-refractivity contribution in [2.45, 2.75) is 32.7 Å². The van der Waals surface area contributed by atoms with Crippen molar-refractivity contribution in [3.63, 3.8) is 0 Å². The summed E-state index contributed by atoms with van der Waals surface area (Å²) in [5.74, 6) is 0.312. The lowest BCUT2D eigenvalue weighted by molar-refractivity contribution is 0.0807. The highest BCUT2D eigenvalue weighted by molar-refractivity contribution is 6.12. The highest BCUT2D eigenvalue weighted by Crippen LogP contribution is 2.30. The predicted octanol–water partition coefficient (Wildman–Crippen LogP) is 3.68. The van der Waals surface area contributed by atoms with Gasteiger partial charge in [0.2, 0.25) is 0 Å². The minimum Gasteiger partial charge on any atom is -0.294 e. The summed E-state index contributed by atoms with van der Waals surface area (Å²) in [6.45, 7) is 6.14. The average molecular weight is 267 g/mol. The SMILES string of the molecule is CCN(CC)C1CCc2ccc3ccccc3c2C1=O. The fraction of sp³-hybridized carbons (Fsp3) is 0.389. The second-order valence-corrected chi connectivity index (χ2v) is 5.46. The predicted molar refractivity (Wildman–Crippen MR) is 83.3 cm³/mol. The van der Waals surface area contributed by atoms with E-state index in [1.54, 1.807) is 0 Å². The van der Waals surface area contributed by atoms with Crippen LogP contribution < -0.4 is 0 Å². The van der Waals surface area contributed by atoms with Crippen molar-refractivity contribution < 1.29 is 4.79 Å². The number of rotatable bonds is 3. The molecular weight excluding hydrogens is 246 g/mol. The smallest absolute Gasteiger partial charge is 0.180 e. The number of carbonyl (C=O) groups is 1. The molecule has 2 nitrogen and oxygen atoms in total. The van der Waals surface area contributed by atoms with Crippen molar-refractivity contribution in [1.29, 1.82) is 0 Å². The summed E-state index contributed by atoms with van der Waals surface area (Å²) in [4.78, 5) is 15.2. The van der Waals surface area contributed by atoms with E-state index in [1.807, 2.05) is 12.1 Å². The molecular formula is C18H21NO. The Bertz CT molecular complexity index is 643. The highest BCUT2D eigenvalue weighted by atomic mass is 16.1. The van der Waals surface area contributed by atoms with Gasteiger partial charge in [0.15, 0.2) is 5.78 Å². The average Bonchev–Trinajstić information content (AvgIpc) is 2.50. The summed E-state index contributed by atoms with van der Waals surface area (Å²) >= 11 is 0. The number of aryl methyl sites for hydroxylation is 1. The summed E-state index contributed by atoms with van der Waals surface area (Å²) < 4.78 is 0. The van der Waals surface area contributed by atoms with Crippen molar-refractivity contribution in [3.8, 4) is 0 Å². The third kappa shape index (κ3) is 2.04. The fourth-order valence-electron chi connectivity index (χ4n) is 3.42. The van der Waals surface area contributed by atoms with E-state index in [0.717, 1.165) is 36.9 Å². The van der Waals surface area contributed by atoms with Gasteiger partial charge in [-0.2, -0.15) is 0 Å². The number of benzene rings is 2. The number of hydrogen-bond donors (Lipinski definition) is 0. The molecule has 0 heterocycles. The van der Waals surface area contributed by atoms with E-state index < -0.39 is 0 Å². The Kier molecular flexibility index (Phi) is 3.58. The third-order valence-corrected chi connectivity index (χ3v) is 4.50. The molecule has 0 saturated heterocycles. The topological polar surface area (TPSA) is 20.3 Å². The molecule has 104 valence electrons. The second-order valence-electron chi connectivity index (χ2n) is 5.46. The molecule has 0 N–H and O–H groups in total. The maximum absolute atomic E-state index is 12.9. The first-order valence-electron chi connectivity index (χ1n) is 7.55. The third-order valence-electron chi connectivity index (χ3n) is 4.50. The standard InChI is InChI=1S/C18H21NO/c1-3-19(4-2)16-12-11-14-10-9-13-7-5-6-8-15(13)17(14)18(16)20/h5-10,16H,3-4,11-12H2,1-2H3. The van der Waals surface area contributed by atoms with Gasteiger partial charge in [-0.05, 0) is 42.3 Å². The van der Waals surface area contributed by atoms with Gasteiger partial charge in [0, 0.05) is 5.56 Å². The molecule has 0 amide bonds. The van der Waals surface area contributed by atoms with Crippen LogP contribution in [0.1, 0.15) is 36.2 Å². The van der Waals surface area contributed by atoms with Crippen LogP contribution in [-0.4, -0.2) is 29.8 Å². The molecule has 0 saturated carbocycles.